The van der Waals surface area contributed by atoms with E-state index >= 15 is 0 Å². The van der Waals surface area contributed by atoms with Crippen molar-refractivity contribution < 1.29 is 99.6 Å². The van der Waals surface area contributed by atoms with Crippen LogP contribution in [-0.2, 0) is 97.6 Å². The number of furan rings is 3. The van der Waals surface area contributed by atoms with Crippen molar-refractivity contribution in [2.24, 2.45) is 62.6 Å². The number of aryl methyl sites for hydroxylation is 9. The van der Waals surface area contributed by atoms with Gasteiger partial charge in [-0.05, 0) is 342 Å². The third-order valence-corrected chi connectivity index (χ3v) is 30.0. The van der Waals surface area contributed by atoms with Gasteiger partial charge in [-0.2, -0.15) is 0 Å². The predicted molar refractivity (Wildman–Crippen MR) is 597 cm³/mol. The van der Waals surface area contributed by atoms with Crippen molar-refractivity contribution in [2.45, 2.75) is 278 Å². The second-order valence-electron chi connectivity index (χ2n) is 45.8. The zero-order chi connectivity index (χ0) is 118. The molecule has 12 heterocycles. The van der Waals surface area contributed by atoms with Gasteiger partial charge >= 0.3 is 0 Å². The molecular formula is C134H143Ir3N9O3-6. The minimum Gasteiger partial charge on any atom is -0.486 e. The molecule has 9 fully saturated rings. The summed E-state index contributed by atoms with van der Waals surface area (Å²) < 4.78 is 172. The molecular weight excluding hydrogens is 2360 g/mol. The van der Waals surface area contributed by atoms with Crippen LogP contribution in [-0.4, -0.2) is 44.9 Å². The minimum atomic E-state index is -2.15. The van der Waals surface area contributed by atoms with E-state index in [1.165, 1.54) is 88.0 Å². The summed E-state index contributed by atoms with van der Waals surface area (Å²) in [5.41, 5.74) is 21.7. The van der Waals surface area contributed by atoms with Gasteiger partial charge in [-0.25, -0.2) is 15.0 Å². The summed E-state index contributed by atoms with van der Waals surface area (Å²) in [6, 6.07) is 74.5. The van der Waals surface area contributed by atoms with Crippen LogP contribution in [0.3, 0.4) is 0 Å². The van der Waals surface area contributed by atoms with Gasteiger partial charge in [0.1, 0.15) is 0 Å². The summed E-state index contributed by atoms with van der Waals surface area (Å²) in [4.78, 5) is 40.7. The van der Waals surface area contributed by atoms with Crippen molar-refractivity contribution in [1.82, 2.24) is 44.9 Å². The van der Waals surface area contributed by atoms with Crippen LogP contribution >= 0.6 is 0 Å². The Kier molecular flexibility index (Phi) is 26.4. The number of fused-ring (bicyclic) bond motifs is 9. The van der Waals surface area contributed by atoms with Crippen LogP contribution < -0.4 is 0 Å². The van der Waals surface area contributed by atoms with Crippen LogP contribution in [0.2, 0.25) is 0 Å². The van der Waals surface area contributed by atoms with Gasteiger partial charge in [0.05, 0.1) is 16.7 Å². The molecule has 3 radical (unpaired) electrons. The molecule has 27 rings (SSSR count). The topological polar surface area (TPSA) is 155 Å². The third-order valence-electron chi connectivity index (χ3n) is 30.0. The first-order valence-electron chi connectivity index (χ1n) is 61.5. The normalized spacial score (nSPS) is 22.3. The van der Waals surface area contributed by atoms with E-state index in [1.807, 2.05) is 213 Å². The molecule has 9 saturated carbocycles. The number of hydrogen-bond donors (Lipinski definition) is 0. The molecule has 0 unspecified atom stereocenters. The summed E-state index contributed by atoms with van der Waals surface area (Å²) >= 11 is 0. The molecule has 0 amide bonds. The van der Waals surface area contributed by atoms with E-state index in [0.717, 1.165) is 162 Å². The largest absolute Gasteiger partial charge is 0.486 e. The van der Waals surface area contributed by atoms with Gasteiger partial charge in [0.2, 0.25) is 17.1 Å². The number of rotatable bonds is 14. The van der Waals surface area contributed by atoms with Crippen molar-refractivity contribution in [3.05, 3.63) is 339 Å². The first-order chi connectivity index (χ1) is 77.5. The van der Waals surface area contributed by atoms with E-state index in [1.54, 1.807) is 67.4 Å². The first-order valence-corrected chi connectivity index (χ1v) is 52.0. The second-order valence-corrected chi connectivity index (χ2v) is 45.8. The maximum Gasteiger partial charge on any atom is 0.216 e. The van der Waals surface area contributed by atoms with Gasteiger partial charge in [-0.3, -0.25) is 0 Å². The van der Waals surface area contributed by atoms with Crippen molar-refractivity contribution >= 4 is 66.2 Å². The van der Waals surface area contributed by atoms with Crippen molar-refractivity contribution in [3.63, 3.8) is 0 Å². The van der Waals surface area contributed by atoms with Crippen LogP contribution in [0, 0.1) is 161 Å². The van der Waals surface area contributed by atoms with E-state index in [9.17, 15) is 2.74 Å². The van der Waals surface area contributed by atoms with Gasteiger partial charge < -0.3 is 43.2 Å². The molecule has 0 N–H and O–H groups in total. The molecule has 0 atom stereocenters. The molecule has 12 nitrogen and oxygen atoms in total. The molecule has 8 bridgehead atoms. The van der Waals surface area contributed by atoms with Gasteiger partial charge in [0.15, 0.2) is 0 Å². The molecule has 0 spiro atoms. The van der Waals surface area contributed by atoms with Crippen LogP contribution in [0.1, 0.15) is 288 Å². The maximum atomic E-state index is 9.37. The Morgan fingerprint density at radius 3 is 1.00 bits per heavy atom. The summed E-state index contributed by atoms with van der Waals surface area (Å²) in [7, 11) is 0. The maximum absolute atomic E-state index is 9.37. The molecule has 9 aliphatic carbocycles. The Labute approximate surface area is 951 Å². The zero-order valence-electron chi connectivity index (χ0n) is 107. The number of benzene rings is 6. The molecule has 0 saturated heterocycles. The molecule has 18 aromatic rings. The Hall–Kier alpha value is -11.0. The van der Waals surface area contributed by atoms with Gasteiger partial charge in [-0.1, -0.05) is 206 Å². The average molecular weight is 2520 g/mol. The van der Waals surface area contributed by atoms with Crippen molar-refractivity contribution in [1.29, 1.82) is 0 Å². The summed E-state index contributed by atoms with van der Waals surface area (Å²) in [6.45, 7) is 23.9. The van der Waals surface area contributed by atoms with Gasteiger partial charge in [0.25, 0.3) is 0 Å². The Balaban J connectivity index is 0.000000135. The molecule has 9 aliphatic rings. The van der Waals surface area contributed by atoms with Crippen LogP contribution in [0.5, 0.6) is 0 Å². The average Bonchev–Trinajstić information content (AvgIpc) is 0.740. The first kappa shape index (κ1) is 86.6. The Bertz CT molecular complexity index is 8320. The molecule has 0 aliphatic heterocycles. The molecule has 6 aromatic carbocycles. The van der Waals surface area contributed by atoms with E-state index < -0.39 is 68.7 Å². The van der Waals surface area contributed by atoms with Crippen LogP contribution in [0.15, 0.2) is 232 Å². The number of pyridine rings is 9. The smallest absolute Gasteiger partial charge is 0.216 e. The zero-order valence-corrected chi connectivity index (χ0v) is 95.2. The molecule has 775 valence electrons. The summed E-state index contributed by atoms with van der Waals surface area (Å²) in [6.07, 6.45) is 23.6. The van der Waals surface area contributed by atoms with Crippen LogP contribution in [0.25, 0.3) is 134 Å². The Morgan fingerprint density at radius 2 is 0.678 bits per heavy atom. The standard InChI is InChI=1S/C28H27N2O.C27H25N2O.C25H25N2O.3C18H22N.3Ir/c1-17-5-6-23-22-3-2-4-24(26(22)31-27(23)30-17)25-12-18(7-8-29-25)13-28-14-19-9-20(15-28)11-21(10-19)16-28;1-16-5-6-22-21-3-2-4-23(25(21)30-26(22)29-16)24-12-20(7-8-28-24)27-13-17-9-18(14-27)11-19(10-17)15-27;1-17-9-10-20-19-7-6-8-21(23(19)28-24(20)27-17)22-15-18(11-14-26-22)16-25(2)12-4-3-5-13-25;3*1-13-6-8-15(9-7-13)17-10-14(2)16(12-19-17)11-18(3,4)5;;;/h2-3,5-8,12,19-21H,9-11,13-16H2,1H3;2-3,5-8,12,17-19H,9-11,13-15H2,1H3;6-7,9-11,14-15H,3-5,12-13,16H2,1-2H3;3*6-8,10,12H,11H2,1-5H3;;;/q6*-1;;;/i13D2;;16D2;3*1D3,11D2;;;. The second kappa shape index (κ2) is 45.5. The molecule has 15 heteroatoms. The van der Waals surface area contributed by atoms with Crippen molar-refractivity contribution in [2.75, 3.05) is 0 Å². The van der Waals surface area contributed by atoms with E-state index in [2.05, 4.69) is 107 Å². The Morgan fingerprint density at radius 1 is 0.349 bits per heavy atom. The molecule has 149 heavy (non-hydrogen) atoms. The van der Waals surface area contributed by atoms with E-state index in [-0.39, 0.29) is 87.8 Å². The summed E-state index contributed by atoms with van der Waals surface area (Å²) in [5, 5.41) is 6.05. The third kappa shape index (κ3) is 25.7. The molecule has 12 aromatic heterocycles. The van der Waals surface area contributed by atoms with Gasteiger partial charge in [0, 0.05) is 157 Å². The number of aromatic nitrogens is 9. The van der Waals surface area contributed by atoms with Crippen molar-refractivity contribution in [3.8, 4) is 67.5 Å². The quantitative estimate of drug-likeness (QED) is 0.0951. The van der Waals surface area contributed by atoms with Crippen LogP contribution in [0.4, 0.5) is 0 Å². The fourth-order valence-electron chi connectivity index (χ4n) is 24.2. The van der Waals surface area contributed by atoms with E-state index in [4.69, 9.17) is 41.5 Å². The number of nitrogens with zero attached hydrogens (tertiary/aromatic N) is 9. The fraction of sp³-hybridized carbons (Fsp3) is 0.396. The monoisotopic (exact) mass is 2520 g/mol. The summed E-state index contributed by atoms with van der Waals surface area (Å²) in [5.74, 6) is 4.94. The minimum absolute atomic E-state index is 0. The van der Waals surface area contributed by atoms with Gasteiger partial charge in [-0.15, -0.1) is 161 Å². The SMILES string of the molecule is Cc1ccc2c(n1)oc1c(-c3cc(C45CC6CC(CC(C6)C4)C5)ccn3)[c-]ccc12.[2H]C([2H])([2H])c1c[c-]c(-c2cc(C)c(C([2H])([2H])C(C)(C)C)cn2)cc1.[2H]C([2H])([2H])c1c[c-]c(-c2cc(C)c(C([2H])([2H])C(C)(C)C)cn2)cc1.[2H]C([2H])([2H])c1c[c-]c(-c2cc(C)c(C([2H])([2H])C(C)(C)C)cn2)cc1.[2H]C([2H])(c1ccnc(-c2[c-]ccc3c2oc2nc(C)ccc23)c1)C1(C)CCCCC1.[2H]C([2H])(c1ccnc(-c2[c-]ccc3c2oc2nc(C)ccc23)c1)C12CC3CC(CC(C3)C1)C2.[Ir].[Ir].[Ir]. The fourth-order valence-corrected chi connectivity index (χ4v) is 24.2. The predicted octanol–water partition coefficient (Wildman–Crippen LogP) is 34.4. The van der Waals surface area contributed by atoms with E-state index in [0.29, 0.717) is 119 Å². The number of hydrogen-bond acceptors (Lipinski definition) is 12.